The highest BCUT2D eigenvalue weighted by Gasteiger charge is 2.19. The summed E-state index contributed by atoms with van der Waals surface area (Å²) in [5, 5.41) is 4.63. The lowest BCUT2D eigenvalue weighted by atomic mass is 10.3. The van der Waals surface area contributed by atoms with Crippen LogP contribution in [0.4, 0.5) is 0 Å². The Balaban J connectivity index is 2.26. The molecule has 0 saturated carbocycles. The highest BCUT2D eigenvalue weighted by molar-refractivity contribution is 4.61. The molecule has 1 aliphatic rings. The van der Waals surface area contributed by atoms with E-state index in [4.69, 9.17) is 0 Å². The highest BCUT2D eigenvalue weighted by Crippen LogP contribution is 2.07. The summed E-state index contributed by atoms with van der Waals surface area (Å²) in [7, 11) is 0. The maximum Gasteiger partial charge on any atom is 0.0334 e. The molecule has 0 spiro atoms. The lowest BCUT2D eigenvalue weighted by Crippen LogP contribution is -2.44. The molecule has 0 aromatic rings. The Morgan fingerprint density at radius 3 is 2.21 bits per heavy atom. The molecule has 0 N–H and O–H groups in total. The molecule has 3 heteroatoms. The summed E-state index contributed by atoms with van der Waals surface area (Å²) in [4.78, 5) is 0. The Morgan fingerprint density at radius 2 is 1.79 bits per heavy atom. The SMILES string of the molecule is CCCCN(CCCC)N1CCC[N]1. The Kier molecular flexibility index (Phi) is 6.15. The Bertz CT molecular complexity index is 124. The second kappa shape index (κ2) is 7.21. The van der Waals surface area contributed by atoms with Gasteiger partial charge in [0.1, 0.15) is 0 Å². The van der Waals surface area contributed by atoms with E-state index in [9.17, 15) is 0 Å². The molecule has 0 amide bonds. The molecule has 0 aromatic heterocycles. The van der Waals surface area contributed by atoms with E-state index in [0.717, 1.165) is 13.1 Å². The quantitative estimate of drug-likeness (QED) is 0.624. The summed E-state index contributed by atoms with van der Waals surface area (Å²) in [6, 6.07) is 0. The molecule has 0 aliphatic carbocycles. The maximum absolute atomic E-state index is 4.50. The van der Waals surface area contributed by atoms with Crippen LogP contribution in [0.3, 0.4) is 0 Å². The van der Waals surface area contributed by atoms with Crippen LogP contribution < -0.4 is 5.43 Å². The maximum atomic E-state index is 4.50. The van der Waals surface area contributed by atoms with E-state index < -0.39 is 0 Å². The summed E-state index contributed by atoms with van der Waals surface area (Å²) < 4.78 is 0. The van der Waals surface area contributed by atoms with E-state index in [2.05, 4.69) is 29.4 Å². The fourth-order valence-electron chi connectivity index (χ4n) is 1.72. The molecule has 0 bridgehead atoms. The van der Waals surface area contributed by atoms with Crippen molar-refractivity contribution in [2.45, 2.75) is 46.0 Å². The van der Waals surface area contributed by atoms with Crippen molar-refractivity contribution in [1.82, 2.24) is 15.6 Å². The Hall–Kier alpha value is -0.120. The summed E-state index contributed by atoms with van der Waals surface area (Å²) in [5.41, 5.74) is 4.50. The fraction of sp³-hybridized carbons (Fsp3) is 1.00. The van der Waals surface area contributed by atoms with Gasteiger partial charge in [-0.25, -0.2) is 5.01 Å². The van der Waals surface area contributed by atoms with Gasteiger partial charge in [0.25, 0.3) is 0 Å². The molecule has 14 heavy (non-hydrogen) atoms. The van der Waals surface area contributed by atoms with Crippen LogP contribution in [0.15, 0.2) is 0 Å². The molecule has 0 unspecified atom stereocenters. The molecule has 1 saturated heterocycles. The van der Waals surface area contributed by atoms with Gasteiger partial charge in [0.05, 0.1) is 0 Å². The summed E-state index contributed by atoms with van der Waals surface area (Å²) in [6.07, 6.45) is 6.35. The van der Waals surface area contributed by atoms with Crippen molar-refractivity contribution in [3.05, 3.63) is 0 Å². The zero-order valence-corrected chi connectivity index (χ0v) is 9.71. The van der Waals surface area contributed by atoms with Gasteiger partial charge in [0, 0.05) is 26.2 Å². The van der Waals surface area contributed by atoms with Crippen LogP contribution in [0.2, 0.25) is 0 Å². The minimum atomic E-state index is 1.02. The molecule has 1 radical (unpaired) electrons. The molecule has 1 fully saturated rings. The van der Waals surface area contributed by atoms with Crippen molar-refractivity contribution in [1.29, 1.82) is 0 Å². The van der Waals surface area contributed by atoms with Crippen LogP contribution >= 0.6 is 0 Å². The van der Waals surface area contributed by atoms with Gasteiger partial charge in [-0.05, 0) is 19.3 Å². The zero-order chi connectivity index (χ0) is 10.2. The number of hydrazine groups is 1. The first-order valence-electron chi connectivity index (χ1n) is 6.08. The topological polar surface area (TPSA) is 20.6 Å². The van der Waals surface area contributed by atoms with Gasteiger partial charge in [-0.3, -0.25) is 0 Å². The number of rotatable bonds is 7. The minimum absolute atomic E-state index is 1.02. The molecule has 0 atom stereocenters. The van der Waals surface area contributed by atoms with Gasteiger partial charge in [0.2, 0.25) is 0 Å². The predicted octanol–water partition coefficient (Wildman–Crippen LogP) is 2.03. The molecule has 1 rings (SSSR count). The summed E-state index contributed by atoms with van der Waals surface area (Å²) in [6.45, 7) is 9.01. The molecule has 83 valence electrons. The van der Waals surface area contributed by atoms with Crippen molar-refractivity contribution >= 4 is 0 Å². The summed E-state index contributed by atoms with van der Waals surface area (Å²) in [5.74, 6) is 0. The van der Waals surface area contributed by atoms with Gasteiger partial charge < -0.3 is 0 Å². The average molecular weight is 198 g/mol. The van der Waals surface area contributed by atoms with Crippen LogP contribution in [0.1, 0.15) is 46.0 Å². The predicted molar refractivity (Wildman–Crippen MR) is 59.7 cm³/mol. The van der Waals surface area contributed by atoms with Gasteiger partial charge in [-0.2, -0.15) is 5.12 Å². The van der Waals surface area contributed by atoms with Crippen molar-refractivity contribution in [3.8, 4) is 0 Å². The van der Waals surface area contributed by atoms with Crippen LogP contribution in [0, 0.1) is 0 Å². The van der Waals surface area contributed by atoms with E-state index in [-0.39, 0.29) is 0 Å². The molecule has 1 heterocycles. The fourth-order valence-corrected chi connectivity index (χ4v) is 1.72. The van der Waals surface area contributed by atoms with Gasteiger partial charge in [-0.1, -0.05) is 26.7 Å². The average Bonchev–Trinajstić information content (AvgIpc) is 2.71. The van der Waals surface area contributed by atoms with Crippen LogP contribution in [0.5, 0.6) is 0 Å². The van der Waals surface area contributed by atoms with Crippen LogP contribution in [-0.4, -0.2) is 36.3 Å². The number of hydrogen-bond acceptors (Lipinski definition) is 2. The second-order valence-electron chi connectivity index (χ2n) is 3.98. The lowest BCUT2D eigenvalue weighted by molar-refractivity contribution is -0.0496. The lowest BCUT2D eigenvalue weighted by Gasteiger charge is -2.30. The molecular weight excluding hydrogens is 174 g/mol. The van der Waals surface area contributed by atoms with Crippen molar-refractivity contribution in [2.24, 2.45) is 0 Å². The third-order valence-corrected chi connectivity index (χ3v) is 2.65. The first-order chi connectivity index (χ1) is 6.88. The Labute approximate surface area is 88.4 Å². The van der Waals surface area contributed by atoms with E-state index in [1.807, 2.05) is 0 Å². The largest absolute Gasteiger partial charge is 0.227 e. The molecule has 0 aromatic carbocycles. The number of hydrogen-bond donors (Lipinski definition) is 0. The van der Waals surface area contributed by atoms with E-state index in [1.165, 1.54) is 45.2 Å². The van der Waals surface area contributed by atoms with Crippen molar-refractivity contribution in [3.63, 3.8) is 0 Å². The number of nitrogens with zero attached hydrogens (tertiary/aromatic N) is 3. The highest BCUT2D eigenvalue weighted by atomic mass is 15.8. The monoisotopic (exact) mass is 198 g/mol. The first kappa shape index (κ1) is 12.0. The third kappa shape index (κ3) is 3.95. The van der Waals surface area contributed by atoms with Crippen molar-refractivity contribution < 1.29 is 0 Å². The van der Waals surface area contributed by atoms with Gasteiger partial charge >= 0.3 is 0 Å². The smallest absolute Gasteiger partial charge is 0.0334 e. The van der Waals surface area contributed by atoms with E-state index >= 15 is 0 Å². The van der Waals surface area contributed by atoms with Crippen LogP contribution in [-0.2, 0) is 0 Å². The summed E-state index contributed by atoms with van der Waals surface area (Å²) >= 11 is 0. The normalized spacial score (nSPS) is 18.2. The number of unbranched alkanes of at least 4 members (excludes halogenated alkanes) is 2. The van der Waals surface area contributed by atoms with Crippen LogP contribution in [0.25, 0.3) is 0 Å². The minimum Gasteiger partial charge on any atom is -0.227 e. The molecular formula is C11H24N3. The first-order valence-corrected chi connectivity index (χ1v) is 6.08. The second-order valence-corrected chi connectivity index (χ2v) is 3.98. The third-order valence-electron chi connectivity index (χ3n) is 2.65. The van der Waals surface area contributed by atoms with Gasteiger partial charge in [0.15, 0.2) is 0 Å². The molecule has 3 nitrogen and oxygen atoms in total. The zero-order valence-electron chi connectivity index (χ0n) is 9.71. The standard InChI is InChI=1S/C11H24N3/c1-3-5-9-13(10-6-4-2)14-11-7-8-12-14/h3-11H2,1-2H3. The van der Waals surface area contributed by atoms with E-state index in [1.54, 1.807) is 0 Å². The van der Waals surface area contributed by atoms with Gasteiger partial charge in [-0.15, -0.1) is 5.43 Å². The van der Waals surface area contributed by atoms with E-state index in [0.29, 0.717) is 0 Å². The molecule has 1 aliphatic heterocycles. The van der Waals surface area contributed by atoms with Crippen molar-refractivity contribution in [2.75, 3.05) is 26.2 Å². The Morgan fingerprint density at radius 1 is 1.14 bits per heavy atom.